The third-order valence-corrected chi connectivity index (χ3v) is 10.6. The van der Waals surface area contributed by atoms with E-state index in [0.717, 1.165) is 32.1 Å². The minimum absolute atomic E-state index is 0.0884. The number of carbonyl (C=O) groups is 4. The van der Waals surface area contributed by atoms with Crippen molar-refractivity contribution >= 4 is 23.7 Å². The molecule has 2 aromatic carbocycles. The highest BCUT2D eigenvalue weighted by Gasteiger charge is 2.62. The normalized spacial score (nSPS) is 19.3. The number of benzene rings is 2. The average molecular weight is 733 g/mol. The number of Topliss-reactive ketones (excluding diaryl/α,β-unsaturated/α-hetero) is 1. The minimum atomic E-state index is -1.40. The number of rotatable bonds is 16. The van der Waals surface area contributed by atoms with Crippen molar-refractivity contribution in [2.24, 2.45) is 16.7 Å². The van der Waals surface area contributed by atoms with Gasteiger partial charge in [-0.15, -0.1) is 0 Å². The zero-order valence-electron chi connectivity index (χ0n) is 33.1. The summed E-state index contributed by atoms with van der Waals surface area (Å²) in [4.78, 5) is 46.3. The summed E-state index contributed by atoms with van der Waals surface area (Å²) < 4.78 is 26.3. The molecule has 9 nitrogen and oxygen atoms in total. The van der Waals surface area contributed by atoms with Gasteiger partial charge in [-0.2, -0.15) is 0 Å². The third-order valence-electron chi connectivity index (χ3n) is 10.6. The number of hydrogen-bond donors (Lipinski definition) is 0. The first-order chi connectivity index (χ1) is 25.0. The lowest BCUT2D eigenvalue weighted by molar-refractivity contribution is -0.176. The first-order valence-electron chi connectivity index (χ1n) is 18.3. The van der Waals surface area contributed by atoms with Gasteiger partial charge in [-0.05, 0) is 77.0 Å². The Hall–Kier alpha value is -4.34. The Morgan fingerprint density at radius 1 is 0.698 bits per heavy atom. The van der Waals surface area contributed by atoms with Crippen LogP contribution in [0.4, 0.5) is 0 Å². The molecule has 0 amide bonds. The summed E-state index contributed by atoms with van der Waals surface area (Å²) in [6.45, 7) is 23.3. The van der Waals surface area contributed by atoms with Crippen molar-refractivity contribution in [1.82, 2.24) is 0 Å². The Morgan fingerprint density at radius 2 is 1.15 bits per heavy atom. The minimum Gasteiger partial charge on any atom is -0.462 e. The van der Waals surface area contributed by atoms with Crippen molar-refractivity contribution in [3.63, 3.8) is 0 Å². The van der Waals surface area contributed by atoms with E-state index in [4.69, 9.17) is 23.7 Å². The number of ether oxygens (including phenoxy) is 5. The molecule has 2 bridgehead atoms. The highest BCUT2D eigenvalue weighted by atomic mass is 16.7. The molecule has 0 saturated heterocycles. The van der Waals surface area contributed by atoms with E-state index in [2.05, 4.69) is 40.5 Å². The molecule has 2 aliphatic carbocycles. The van der Waals surface area contributed by atoms with Crippen LogP contribution in [0.25, 0.3) is 0 Å². The summed E-state index contributed by atoms with van der Waals surface area (Å²) in [5, 5.41) is 0. The van der Waals surface area contributed by atoms with Crippen molar-refractivity contribution in [1.29, 1.82) is 0 Å². The van der Waals surface area contributed by atoms with Gasteiger partial charge in [-0.3, -0.25) is 4.79 Å². The van der Waals surface area contributed by atoms with Crippen LogP contribution >= 0.6 is 0 Å². The first-order valence-corrected chi connectivity index (χ1v) is 18.3. The van der Waals surface area contributed by atoms with Crippen LogP contribution in [0.1, 0.15) is 102 Å². The summed E-state index contributed by atoms with van der Waals surface area (Å²) >= 11 is 0. The van der Waals surface area contributed by atoms with Crippen molar-refractivity contribution in [3.05, 3.63) is 108 Å². The van der Waals surface area contributed by atoms with Crippen LogP contribution in [0.5, 0.6) is 0 Å². The Kier molecular flexibility index (Phi) is 17.6. The third kappa shape index (κ3) is 11.8. The van der Waals surface area contributed by atoms with Crippen molar-refractivity contribution in [3.8, 4) is 0 Å². The van der Waals surface area contributed by atoms with Gasteiger partial charge in [0.15, 0.2) is 0 Å². The standard InChI is InChI=1S/C16H16O3.C14H22O4.C14H22O2/c1-18-16(19-2,14-11-7-4-8-12-14)15(17)13-9-5-3-6-10-13;1-11(2)13(15)17-9-7-5-6-8-10-18-14(16)12(3)4;1-9(2)12(15)16-11-8-10-6-7-14(11,5)13(10,3)4/h3-12H,1-2H3;1,3,5-10H2,2,4H3;10-11H,1,6-8H2,2-5H3. The second kappa shape index (κ2) is 20.8. The molecule has 2 aromatic rings. The summed E-state index contributed by atoms with van der Waals surface area (Å²) in [6, 6.07) is 18.2. The smallest absolute Gasteiger partial charge is 0.333 e. The van der Waals surface area contributed by atoms with Crippen molar-refractivity contribution < 1.29 is 42.9 Å². The fourth-order valence-corrected chi connectivity index (χ4v) is 6.74. The van der Waals surface area contributed by atoms with Gasteiger partial charge in [0.1, 0.15) is 6.10 Å². The molecule has 2 saturated carbocycles. The van der Waals surface area contributed by atoms with Crippen LogP contribution in [0, 0.1) is 16.7 Å². The maximum atomic E-state index is 12.7. The number of methoxy groups -OCH3 is 2. The van der Waals surface area contributed by atoms with E-state index in [9.17, 15) is 19.2 Å². The topological polar surface area (TPSA) is 114 Å². The molecule has 0 aliphatic heterocycles. The zero-order chi connectivity index (χ0) is 39.8. The monoisotopic (exact) mass is 732 g/mol. The molecule has 9 heteroatoms. The average Bonchev–Trinajstić information content (AvgIpc) is 3.48. The number of carbonyl (C=O) groups excluding carboxylic acids is 4. The second-order valence-electron chi connectivity index (χ2n) is 14.6. The SMILES string of the molecule is C=C(C)C(=O)OC1CC2CCC1(C)C2(C)C.C=C(C)C(=O)OCCCCCCOC(=O)C(=C)C.COC(OC)(C(=O)c1ccccc1)c1ccccc1. The lowest BCUT2D eigenvalue weighted by Crippen LogP contribution is -2.39. The maximum Gasteiger partial charge on any atom is 0.333 e. The van der Waals surface area contributed by atoms with E-state index in [0.29, 0.717) is 52.4 Å². The summed E-state index contributed by atoms with van der Waals surface area (Å²) in [7, 11) is 2.94. The Bertz CT molecular complexity index is 1520. The van der Waals surface area contributed by atoms with Crippen LogP contribution in [-0.4, -0.2) is 57.2 Å². The van der Waals surface area contributed by atoms with Gasteiger partial charge in [0.25, 0.3) is 5.79 Å². The molecule has 0 N–H and O–H groups in total. The lowest BCUT2D eigenvalue weighted by atomic mass is 9.70. The van der Waals surface area contributed by atoms with Gasteiger partial charge < -0.3 is 23.7 Å². The Labute approximate surface area is 316 Å². The Balaban J connectivity index is 0.000000276. The zero-order valence-corrected chi connectivity index (χ0v) is 33.1. The molecule has 2 fully saturated rings. The van der Waals surface area contributed by atoms with Gasteiger partial charge in [-0.1, -0.05) is 101 Å². The van der Waals surface area contributed by atoms with Crippen LogP contribution in [0.15, 0.2) is 97.1 Å². The molecule has 0 spiro atoms. The number of esters is 3. The second-order valence-corrected chi connectivity index (χ2v) is 14.6. The number of hydrogen-bond acceptors (Lipinski definition) is 9. The van der Waals surface area contributed by atoms with Crippen molar-refractivity contribution in [2.75, 3.05) is 27.4 Å². The fourth-order valence-electron chi connectivity index (χ4n) is 6.74. The molecule has 3 unspecified atom stereocenters. The molecule has 53 heavy (non-hydrogen) atoms. The molecule has 0 aromatic heterocycles. The van der Waals surface area contributed by atoms with Gasteiger partial charge in [0, 0.05) is 47.5 Å². The number of ketones is 1. The van der Waals surface area contributed by atoms with Gasteiger partial charge in [0.2, 0.25) is 5.78 Å². The molecule has 3 atom stereocenters. The molecular formula is C44H60O9. The van der Waals surface area contributed by atoms with Gasteiger partial charge in [-0.25, -0.2) is 14.4 Å². The highest BCUT2D eigenvalue weighted by Crippen LogP contribution is 2.66. The maximum absolute atomic E-state index is 12.7. The quantitative estimate of drug-likeness (QED) is 0.0416. The molecule has 4 rings (SSSR count). The highest BCUT2D eigenvalue weighted by molar-refractivity contribution is 6.02. The van der Waals surface area contributed by atoms with Crippen LogP contribution < -0.4 is 0 Å². The predicted molar refractivity (Wildman–Crippen MR) is 207 cm³/mol. The van der Waals surface area contributed by atoms with E-state index >= 15 is 0 Å². The molecule has 2 aliphatic rings. The Morgan fingerprint density at radius 3 is 1.53 bits per heavy atom. The van der Waals surface area contributed by atoms with E-state index in [1.54, 1.807) is 32.9 Å². The summed E-state index contributed by atoms with van der Waals surface area (Å²) in [5.41, 5.74) is 3.02. The number of unbranched alkanes of at least 4 members (excludes halogenated alkanes) is 3. The molecule has 0 radical (unpaired) electrons. The van der Waals surface area contributed by atoms with Gasteiger partial charge in [0.05, 0.1) is 13.2 Å². The van der Waals surface area contributed by atoms with Crippen LogP contribution in [0.3, 0.4) is 0 Å². The molecule has 290 valence electrons. The van der Waals surface area contributed by atoms with E-state index in [-0.39, 0.29) is 35.2 Å². The van der Waals surface area contributed by atoms with E-state index < -0.39 is 5.79 Å². The lowest BCUT2D eigenvalue weighted by Gasteiger charge is -2.38. The summed E-state index contributed by atoms with van der Waals surface area (Å²) in [5.74, 6) is -1.82. The van der Waals surface area contributed by atoms with E-state index in [1.165, 1.54) is 27.1 Å². The fraction of sp³-hybridized carbons (Fsp3) is 0.500. The molecular weight excluding hydrogens is 672 g/mol. The van der Waals surface area contributed by atoms with Crippen molar-refractivity contribution in [2.45, 2.75) is 98.4 Å². The molecule has 0 heterocycles. The number of fused-ring (bicyclic) bond motifs is 2. The van der Waals surface area contributed by atoms with Gasteiger partial charge >= 0.3 is 17.9 Å². The van der Waals surface area contributed by atoms with Crippen LogP contribution in [-0.2, 0) is 43.9 Å². The van der Waals surface area contributed by atoms with Crippen LogP contribution in [0.2, 0.25) is 0 Å². The largest absolute Gasteiger partial charge is 0.462 e. The predicted octanol–water partition coefficient (Wildman–Crippen LogP) is 9.12. The summed E-state index contributed by atoms with van der Waals surface area (Å²) in [6.07, 6.45) is 7.08. The first kappa shape index (κ1) is 44.8. The van der Waals surface area contributed by atoms with E-state index in [1.807, 2.05) is 48.5 Å².